The second kappa shape index (κ2) is 50.5. The molecule has 17 atom stereocenters. The number of nitrogens with zero attached hydrogens (tertiary/aromatic N) is 1. The number of amides is 2. The summed E-state index contributed by atoms with van der Waals surface area (Å²) in [5.41, 5.74) is 1.71. The summed E-state index contributed by atoms with van der Waals surface area (Å²) in [6.07, 6.45) is 38.5. The first-order valence-corrected chi connectivity index (χ1v) is 39.5. The van der Waals surface area contributed by atoms with Gasteiger partial charge in [0.1, 0.15) is 30.1 Å². The molecule has 0 aromatic carbocycles. The van der Waals surface area contributed by atoms with Crippen LogP contribution in [0.25, 0.3) is 0 Å². The average molecular weight is 1390 g/mol. The van der Waals surface area contributed by atoms with Gasteiger partial charge < -0.3 is 59.4 Å². The highest BCUT2D eigenvalue weighted by Crippen LogP contribution is 2.40. The van der Waals surface area contributed by atoms with Crippen LogP contribution in [0.2, 0.25) is 0 Å². The molecule has 0 spiro atoms. The number of alkyl halides is 1. The van der Waals surface area contributed by atoms with Gasteiger partial charge in [-0.25, -0.2) is 4.79 Å². The van der Waals surface area contributed by atoms with Crippen molar-refractivity contribution in [3.05, 3.63) is 23.3 Å². The van der Waals surface area contributed by atoms with E-state index in [1.165, 1.54) is 154 Å². The fourth-order valence-electron chi connectivity index (χ4n) is 15.2. The van der Waals surface area contributed by atoms with E-state index in [-0.39, 0.29) is 67.4 Å². The van der Waals surface area contributed by atoms with Gasteiger partial charge in [0.2, 0.25) is 11.7 Å². The van der Waals surface area contributed by atoms with E-state index in [0.29, 0.717) is 56.9 Å². The van der Waals surface area contributed by atoms with E-state index < -0.39 is 96.0 Å². The number of halogens is 1. The number of carbonyl (C=O) groups excluding carboxylic acids is 5. The van der Waals surface area contributed by atoms with E-state index in [1.807, 2.05) is 32.9 Å². The molecular weight excluding hydrogens is 1250 g/mol. The Balaban J connectivity index is 0.000000533. The Hall–Kier alpha value is -2.84. The second-order valence-electron chi connectivity index (χ2n) is 29.9. The summed E-state index contributed by atoms with van der Waals surface area (Å²) < 4.78 is 29.9. The van der Waals surface area contributed by atoms with Gasteiger partial charge in [0.25, 0.3) is 11.7 Å². The van der Waals surface area contributed by atoms with Crippen molar-refractivity contribution in [1.82, 2.24) is 10.2 Å². The number of rotatable bonds is 39. The summed E-state index contributed by atoms with van der Waals surface area (Å²) in [7, 11) is 4.71. The predicted molar refractivity (Wildman–Crippen MR) is 388 cm³/mol. The number of cyclic esters (lactones) is 1. The molecule has 2 amide bonds. The van der Waals surface area contributed by atoms with E-state index in [1.54, 1.807) is 21.0 Å². The number of piperidine rings is 1. The maximum absolute atomic E-state index is 14.3. The zero-order valence-corrected chi connectivity index (χ0v) is 63.5. The number of carbonyl (C=O) groups is 5. The number of aliphatic hydroxyl groups is 5. The number of esters is 1. The summed E-state index contributed by atoms with van der Waals surface area (Å²) in [6, 6.07) is -1.92. The number of allylic oxidation sites excluding steroid dienone is 3. The Bertz CT molecular complexity index is 2240. The minimum absolute atomic E-state index is 0.0425. The Labute approximate surface area is 593 Å². The first-order chi connectivity index (χ1) is 46.5. The molecule has 0 unspecified atom stereocenters. The molecule has 4 aliphatic rings. The molecule has 1 saturated carbocycles. The van der Waals surface area contributed by atoms with Crippen molar-refractivity contribution in [3.63, 3.8) is 0 Å². The van der Waals surface area contributed by atoms with Gasteiger partial charge >= 0.3 is 5.97 Å². The van der Waals surface area contributed by atoms with Crippen LogP contribution in [0.5, 0.6) is 0 Å². The smallest absolute Gasteiger partial charge is 0.329 e. The van der Waals surface area contributed by atoms with Gasteiger partial charge in [-0.2, -0.15) is 0 Å². The van der Waals surface area contributed by atoms with Gasteiger partial charge in [-0.3, -0.25) is 19.2 Å². The molecule has 1 aliphatic carbocycles. The quantitative estimate of drug-likeness (QED) is 0.0110. The van der Waals surface area contributed by atoms with Crippen LogP contribution in [-0.2, 0) is 47.7 Å². The Morgan fingerprint density at radius 1 is 0.711 bits per heavy atom. The molecule has 3 aliphatic heterocycles. The maximum Gasteiger partial charge on any atom is 0.329 e. The van der Waals surface area contributed by atoms with Gasteiger partial charge in [-0.15, -0.1) is 11.6 Å². The molecule has 97 heavy (non-hydrogen) atoms. The van der Waals surface area contributed by atoms with Crippen LogP contribution in [0, 0.1) is 29.6 Å². The van der Waals surface area contributed by atoms with Crippen LogP contribution in [0.4, 0.5) is 0 Å². The number of ketones is 2. The number of hydrogen-bond acceptors (Lipinski definition) is 15. The molecule has 2 saturated heterocycles. The van der Waals surface area contributed by atoms with E-state index in [9.17, 15) is 49.5 Å². The molecule has 0 aromatic rings. The van der Waals surface area contributed by atoms with Crippen LogP contribution < -0.4 is 5.32 Å². The number of fused-ring (bicyclic) bond motifs is 3. The van der Waals surface area contributed by atoms with Crippen LogP contribution in [0.3, 0.4) is 0 Å². The van der Waals surface area contributed by atoms with E-state index in [2.05, 4.69) is 26.1 Å². The molecule has 3 heterocycles. The van der Waals surface area contributed by atoms with Crippen molar-refractivity contribution in [2.75, 3.05) is 34.5 Å². The lowest BCUT2D eigenvalue weighted by Gasteiger charge is -2.47. The maximum atomic E-state index is 14.3. The van der Waals surface area contributed by atoms with Crippen molar-refractivity contribution in [2.24, 2.45) is 29.6 Å². The number of unbranched alkanes of at least 4 members (excludes halogenated alkanes) is 25. The Morgan fingerprint density at radius 2 is 1.23 bits per heavy atom. The second-order valence-corrected chi connectivity index (χ2v) is 30.5. The van der Waals surface area contributed by atoms with E-state index in [0.717, 1.165) is 56.9 Å². The highest BCUT2D eigenvalue weighted by molar-refractivity contribution is 6.39. The lowest BCUT2D eigenvalue weighted by atomic mass is 9.82. The summed E-state index contributed by atoms with van der Waals surface area (Å²) in [4.78, 5) is 70.0. The Kier molecular flexibility index (Phi) is 46.0. The van der Waals surface area contributed by atoms with Crippen molar-refractivity contribution in [1.29, 1.82) is 0 Å². The number of methoxy groups -OCH3 is 3. The minimum atomic E-state index is -2.49. The topological polar surface area (TPSA) is 248 Å². The molecule has 3 fully saturated rings. The number of ether oxygens (including phenoxy) is 5. The third-order valence-electron chi connectivity index (χ3n) is 21.6. The highest BCUT2D eigenvalue weighted by atomic mass is 35.5. The first-order valence-electron chi connectivity index (χ1n) is 39.1. The fourth-order valence-corrected chi connectivity index (χ4v) is 15.5. The molecule has 6 N–H and O–H groups in total. The van der Waals surface area contributed by atoms with Crippen molar-refractivity contribution in [2.45, 2.75) is 384 Å². The fraction of sp³-hybridized carbons (Fsp3) is 0.886. The van der Waals surface area contributed by atoms with Crippen molar-refractivity contribution in [3.8, 4) is 0 Å². The monoisotopic (exact) mass is 1390 g/mol. The summed E-state index contributed by atoms with van der Waals surface area (Å²) >= 11 is 6.52. The normalized spacial score (nSPS) is 29.8. The van der Waals surface area contributed by atoms with E-state index >= 15 is 0 Å². The van der Waals surface area contributed by atoms with Crippen LogP contribution >= 0.6 is 11.6 Å². The molecule has 564 valence electrons. The SMILES string of the molecule is CCCCCCCCCCCCCCCCCC(=O)N[C@@H](CO)[C@H](O)[C@H](O)CCCCCCCCCCCCCC.CC[C@@H]1/C=C(\C)C[C@H](C)C[C@H](OC)[C@H]2O[C@@](O)(C(=O)C(=O)N3CCCC[C@H]3C(=O)O[C@H](/C(C)=C/[C@@H]3CC[C@H](Cl)[C@H](OC)C3)[C@H](C)[C@@H](O)CC1=O)[C@H](C)C[C@@H]2OC. The third-order valence-corrected chi connectivity index (χ3v) is 22.1. The van der Waals surface area contributed by atoms with Crippen LogP contribution in [0.15, 0.2) is 23.3 Å². The lowest BCUT2D eigenvalue weighted by molar-refractivity contribution is -0.302. The van der Waals surface area contributed by atoms with Gasteiger partial charge in [-0.1, -0.05) is 226 Å². The minimum Gasteiger partial charge on any atom is -0.456 e. The average Bonchev–Trinajstić information content (AvgIpc) is 0.821. The zero-order valence-electron chi connectivity index (χ0n) is 62.7. The van der Waals surface area contributed by atoms with Gasteiger partial charge in [-0.05, 0) is 108 Å². The molecule has 17 nitrogen and oxygen atoms in total. The van der Waals surface area contributed by atoms with Crippen LogP contribution in [0.1, 0.15) is 312 Å². The molecule has 0 radical (unpaired) electrons. The zero-order chi connectivity index (χ0) is 71.7. The first kappa shape index (κ1) is 88.4. The number of Topliss-reactive ketones (excluding diaryl/α,β-unsaturated/α-hetero) is 2. The number of hydrogen-bond donors (Lipinski definition) is 6. The lowest BCUT2D eigenvalue weighted by Crippen LogP contribution is -2.64. The molecule has 0 aromatic heterocycles. The van der Waals surface area contributed by atoms with Gasteiger partial charge in [0.15, 0.2) is 0 Å². The summed E-state index contributed by atoms with van der Waals surface area (Å²) in [5.74, 6) is -7.45. The van der Waals surface area contributed by atoms with Gasteiger partial charge in [0, 0.05) is 58.5 Å². The molecule has 18 heteroatoms. The largest absolute Gasteiger partial charge is 0.456 e. The molecule has 2 bridgehead atoms. The predicted octanol–water partition coefficient (Wildman–Crippen LogP) is 15.3. The molecule has 4 rings (SSSR count). The summed E-state index contributed by atoms with van der Waals surface area (Å²) in [5, 5.41) is 56.9. The number of nitrogens with one attached hydrogen (secondary N) is 1. The molecular formula is C79H141ClN2O15. The van der Waals surface area contributed by atoms with Crippen molar-refractivity contribution >= 4 is 41.0 Å². The van der Waals surface area contributed by atoms with E-state index in [4.69, 9.17) is 35.3 Å². The van der Waals surface area contributed by atoms with Crippen molar-refractivity contribution < 1.29 is 73.2 Å². The third kappa shape index (κ3) is 32.2. The van der Waals surface area contributed by atoms with Crippen LogP contribution in [-0.4, -0.2) is 166 Å². The summed E-state index contributed by atoms with van der Waals surface area (Å²) in [6.45, 7) is 15.5. The van der Waals surface area contributed by atoms with Gasteiger partial charge in [0.05, 0.1) is 48.5 Å². The number of aliphatic hydroxyl groups excluding tert-OH is 4. The standard InChI is InChI=1S/C43H68ClNO11.C36H73NO4/c1-10-30-18-24(2)17-25(3)19-36(53-8)39-37(54-9)21-27(5)43(51,56-39)40(48)41(49)45-16-12-11-13-32(45)42(50)55-38(28(6)33(46)23-34(30)47)26(4)20-29-14-15-31(44)35(22-29)52-7;1-3-5-7-9-11-13-15-17-18-19-21-23-25-27-29-31-35(40)37-33(32-38)36(41)34(39)30-28-26-24-22-20-16-14-12-10-8-6-4-2/h18,20,25,27-33,35-39,46,51H,10-17,19,21-23H2,1-9H3;33-34,36,38-39,41H,3-32H2,1-2H3,(H,37,40)/b24-18+,26-20+;/t25-,27+,28+,29-,30+,31-,32-,33-,35+,36-,37-,38+,39+,43+;33-,34+,36-/m00/s1. The highest BCUT2D eigenvalue weighted by Gasteiger charge is 2.57. The Morgan fingerprint density at radius 3 is 1.74 bits per heavy atom.